The fraction of sp³-hybridized carbons (Fsp3) is 0.219. The number of amides is 2. The Bertz CT molecular complexity index is 1700. The van der Waals surface area contributed by atoms with Gasteiger partial charge in [-0.25, -0.2) is 9.78 Å². The van der Waals surface area contributed by atoms with E-state index in [0.29, 0.717) is 27.1 Å². The summed E-state index contributed by atoms with van der Waals surface area (Å²) in [5, 5.41) is 15.1. The molecule has 1 fully saturated rings. The van der Waals surface area contributed by atoms with Crippen LogP contribution in [0.4, 0.5) is 0 Å². The first-order chi connectivity index (χ1) is 21.9. The Labute approximate surface area is 326 Å². The van der Waals surface area contributed by atoms with Crippen molar-refractivity contribution in [2.24, 2.45) is 0 Å². The minimum Gasteiger partial charge on any atom is -1.00 e. The van der Waals surface area contributed by atoms with E-state index in [4.69, 9.17) is 9.84 Å². The van der Waals surface area contributed by atoms with E-state index in [9.17, 15) is 19.2 Å². The quantitative estimate of drug-likeness (QED) is 0.129. The number of esters is 1. The van der Waals surface area contributed by atoms with Crippen molar-refractivity contribution in [2.45, 2.75) is 41.1 Å². The minimum atomic E-state index is -0.903. The Kier molecular flexibility index (Phi) is 12.4. The summed E-state index contributed by atoms with van der Waals surface area (Å²) in [7, 11) is 0. The van der Waals surface area contributed by atoms with Gasteiger partial charge in [0.2, 0.25) is 5.91 Å². The van der Waals surface area contributed by atoms with Crippen molar-refractivity contribution in [1.29, 1.82) is 0 Å². The third-order valence-corrected chi connectivity index (χ3v) is 11.5. The van der Waals surface area contributed by atoms with E-state index in [1.807, 2.05) is 78.2 Å². The number of aromatic nitrogens is 1. The maximum Gasteiger partial charge on any atom is 1.00 e. The number of β-lactam (4-membered cyclic amide) rings is 1. The number of carbonyl (C=O) groups excluding carboxylic acids is 3. The zero-order valence-corrected chi connectivity index (χ0v) is 31.0. The molecule has 9 nitrogen and oxygen atoms in total. The number of ether oxygens (including phenoxy) is 1. The first kappa shape index (κ1) is 35.0. The number of fused-ring (bicyclic) bond motifs is 1. The van der Waals surface area contributed by atoms with Crippen LogP contribution >= 0.6 is 46.2 Å². The molecule has 2 aromatic heterocycles. The summed E-state index contributed by atoms with van der Waals surface area (Å²) in [6, 6.07) is 21.8. The molecule has 0 saturated carbocycles. The van der Waals surface area contributed by atoms with Crippen LogP contribution in [0.2, 0.25) is 0 Å². The number of rotatable bonds is 12. The number of benzene rings is 2. The Morgan fingerprint density at radius 1 is 1.04 bits per heavy atom. The maximum absolute atomic E-state index is 14.1. The predicted molar refractivity (Wildman–Crippen MR) is 176 cm³/mol. The molecule has 0 aliphatic carbocycles. The smallest absolute Gasteiger partial charge is 1.00 e. The first-order valence-corrected chi connectivity index (χ1v) is 17.6. The molecule has 4 heterocycles. The summed E-state index contributed by atoms with van der Waals surface area (Å²) >= 11 is 5.56. The van der Waals surface area contributed by atoms with Gasteiger partial charge < -0.3 is 16.6 Å². The van der Waals surface area contributed by atoms with Gasteiger partial charge >= 0.3 is 63.3 Å². The number of carbonyl (C=O) groups is 4. The van der Waals surface area contributed by atoms with Gasteiger partial charge in [-0.3, -0.25) is 19.3 Å². The Hall–Kier alpha value is -2.27. The number of hydrogen-bond donors (Lipinski definition) is 2. The molecule has 6 rings (SSSR count). The summed E-state index contributed by atoms with van der Waals surface area (Å²) in [5.41, 5.74) is 2.35. The van der Waals surface area contributed by atoms with Crippen molar-refractivity contribution < 1.29 is 81.8 Å². The number of aliphatic carboxylic acids is 1. The number of carboxylic acids is 1. The van der Waals surface area contributed by atoms with Crippen molar-refractivity contribution >= 4 is 70.0 Å². The van der Waals surface area contributed by atoms with Crippen LogP contribution in [-0.4, -0.2) is 55.9 Å². The van der Waals surface area contributed by atoms with Gasteiger partial charge in [0.05, 0.1) is 18.5 Å². The van der Waals surface area contributed by atoms with Gasteiger partial charge in [-0.1, -0.05) is 78.5 Å². The van der Waals surface area contributed by atoms with Gasteiger partial charge in [-0.2, -0.15) is 0 Å². The molecule has 0 spiro atoms. The van der Waals surface area contributed by atoms with Crippen LogP contribution in [0.1, 0.15) is 35.6 Å². The summed E-state index contributed by atoms with van der Waals surface area (Å²) in [5.74, 6) is -1.80. The number of thiazole rings is 1. The molecule has 2 atom stereocenters. The maximum atomic E-state index is 14.1. The summed E-state index contributed by atoms with van der Waals surface area (Å²) in [6.45, 7) is 0. The second kappa shape index (κ2) is 16.2. The van der Waals surface area contributed by atoms with Crippen LogP contribution < -0.4 is 56.7 Å². The van der Waals surface area contributed by atoms with Gasteiger partial charge in [0.1, 0.15) is 17.1 Å². The van der Waals surface area contributed by atoms with Crippen molar-refractivity contribution in [2.75, 3.05) is 5.75 Å². The second-order valence-electron chi connectivity index (χ2n) is 10.2. The van der Waals surface area contributed by atoms with E-state index in [2.05, 4.69) is 10.3 Å². The number of nitrogens with one attached hydrogen (secondary N) is 1. The van der Waals surface area contributed by atoms with Gasteiger partial charge in [-0.05, 0) is 22.6 Å². The topological polar surface area (TPSA) is 126 Å². The third-order valence-electron chi connectivity index (χ3n) is 7.12. The van der Waals surface area contributed by atoms with Crippen LogP contribution in [0, 0.1) is 0 Å². The number of thioether (sulfide) groups is 2. The molecule has 2 N–H and O–H groups in total. The average Bonchev–Trinajstić information content (AvgIpc) is 3.74. The normalized spacial score (nSPS) is 17.2. The van der Waals surface area contributed by atoms with Crippen LogP contribution in [0.5, 0.6) is 0 Å². The molecule has 232 valence electrons. The second-order valence-corrected chi connectivity index (χ2v) is 14.5. The summed E-state index contributed by atoms with van der Waals surface area (Å²) in [4.78, 5) is 59.1. The zero-order chi connectivity index (χ0) is 31.3. The largest absolute Gasteiger partial charge is 1.00 e. The van der Waals surface area contributed by atoms with Crippen molar-refractivity contribution in [3.05, 3.63) is 116 Å². The van der Waals surface area contributed by atoms with E-state index in [1.54, 1.807) is 5.38 Å². The van der Waals surface area contributed by atoms with Gasteiger partial charge in [-0.15, -0.1) is 34.4 Å². The predicted octanol–water partition coefficient (Wildman–Crippen LogP) is 2.62. The van der Waals surface area contributed by atoms with Crippen LogP contribution in [0.25, 0.3) is 0 Å². The molecule has 2 amide bonds. The van der Waals surface area contributed by atoms with Crippen LogP contribution in [0.15, 0.2) is 98.5 Å². The molecular formula is C32H28KN3O6S4. The Morgan fingerprint density at radius 3 is 2.37 bits per heavy atom. The van der Waals surface area contributed by atoms with E-state index in [0.717, 1.165) is 16.0 Å². The van der Waals surface area contributed by atoms with Gasteiger partial charge in [0.25, 0.3) is 5.91 Å². The Balaban J connectivity index is 0.00000250. The van der Waals surface area contributed by atoms with Gasteiger partial charge in [0.15, 0.2) is 10.4 Å². The van der Waals surface area contributed by atoms with Crippen LogP contribution in [-0.2, 0) is 36.8 Å². The molecule has 1 saturated heterocycles. The molecule has 4 aromatic rings. The zero-order valence-electron chi connectivity index (χ0n) is 25.7. The molecule has 2 aromatic carbocycles. The molecule has 2 aliphatic rings. The average molecular weight is 718 g/mol. The SMILES string of the molecule is O=C(O)CCc1csc(SC2=C(C(=O)OC(c3ccccc3)c3ccccc3)N3C(=O)[C@@H](NC(=O)Cc4cccs4)[C@H]3SC2)n1.[H-].[K+]. The van der Waals surface area contributed by atoms with E-state index in [1.165, 1.54) is 51.1 Å². The minimum absolute atomic E-state index is 0. The molecule has 2 aliphatic heterocycles. The van der Waals surface area contributed by atoms with Crippen molar-refractivity contribution in [3.8, 4) is 0 Å². The number of nitrogens with zero attached hydrogens (tertiary/aromatic N) is 2. The molecule has 14 heteroatoms. The number of aryl methyl sites for hydroxylation is 1. The fourth-order valence-corrected chi connectivity index (χ4v) is 9.20. The third kappa shape index (κ3) is 8.23. The summed E-state index contributed by atoms with van der Waals surface area (Å²) < 4.78 is 6.84. The van der Waals surface area contributed by atoms with Gasteiger partial charge in [0, 0.05) is 27.3 Å². The number of thiophene rings is 1. The molecule has 0 bridgehead atoms. The number of carboxylic acid groups (broad SMARTS) is 1. The summed E-state index contributed by atoms with van der Waals surface area (Å²) in [6.07, 6.45) is -0.278. The van der Waals surface area contributed by atoms with Crippen LogP contribution in [0.3, 0.4) is 0 Å². The first-order valence-electron chi connectivity index (χ1n) is 14.0. The van der Waals surface area contributed by atoms with E-state index >= 15 is 0 Å². The molecule has 0 radical (unpaired) electrons. The van der Waals surface area contributed by atoms with E-state index < -0.39 is 29.5 Å². The number of hydrogen-bond acceptors (Lipinski definition) is 10. The fourth-order valence-electron chi connectivity index (χ4n) is 4.99. The Morgan fingerprint density at radius 2 is 1.74 bits per heavy atom. The molecule has 46 heavy (non-hydrogen) atoms. The molecular weight excluding hydrogens is 690 g/mol. The standard InChI is InChI=1S/C32H27N3O6S4.K.H/c36-24(16-22-12-7-15-42-22)34-26-29(39)35-27(23(18-43-30(26)35)45-32-33-21(17-44-32)13-14-25(37)38)31(40)41-28(19-8-3-1-4-9-19)20-10-5-2-6-11-20;;/h1-12,15,17,26,28,30H,13-14,16,18H2,(H,34,36)(H,37,38);;/q;+1;-1/t26-,30-;;/m1../s1. The van der Waals surface area contributed by atoms with Crippen molar-refractivity contribution in [3.63, 3.8) is 0 Å². The molecule has 0 unspecified atom stereocenters. The van der Waals surface area contributed by atoms with Crippen molar-refractivity contribution in [1.82, 2.24) is 15.2 Å². The van der Waals surface area contributed by atoms with E-state index in [-0.39, 0.29) is 83.2 Å². The monoisotopic (exact) mass is 717 g/mol.